The summed E-state index contributed by atoms with van der Waals surface area (Å²) in [5, 5.41) is 2.89. The molecule has 0 aromatic heterocycles. The molecule has 0 spiro atoms. The first-order valence-electron chi connectivity index (χ1n) is 7.77. The highest BCUT2D eigenvalue weighted by atomic mass is 79.9. The SMILES string of the molecule is Cc1cc(Br)ccc1NC(=O)C(C)(C)C(=O)N1CCN(C)CC1. The molecule has 0 saturated carbocycles. The Labute approximate surface area is 146 Å². The van der Waals surface area contributed by atoms with Crippen LogP contribution in [0.5, 0.6) is 0 Å². The zero-order valence-electron chi connectivity index (χ0n) is 14.1. The molecule has 0 atom stereocenters. The second kappa shape index (κ2) is 7.01. The van der Waals surface area contributed by atoms with Gasteiger partial charge in [0.15, 0.2) is 0 Å². The number of anilines is 1. The lowest BCUT2D eigenvalue weighted by Gasteiger charge is -2.36. The largest absolute Gasteiger partial charge is 0.339 e. The first-order chi connectivity index (χ1) is 10.7. The predicted octanol–water partition coefficient (Wildman–Crippen LogP) is 2.50. The number of likely N-dealkylation sites (N-methyl/N-ethyl adjacent to an activating group) is 1. The summed E-state index contributed by atoms with van der Waals surface area (Å²) in [5.74, 6) is -0.385. The third-order valence-corrected chi connectivity index (χ3v) is 4.82. The van der Waals surface area contributed by atoms with Crippen molar-refractivity contribution in [3.8, 4) is 0 Å². The quantitative estimate of drug-likeness (QED) is 0.818. The first kappa shape index (κ1) is 17.9. The van der Waals surface area contributed by atoms with Crippen LogP contribution >= 0.6 is 15.9 Å². The second-order valence-corrected chi connectivity index (χ2v) is 7.55. The lowest BCUT2D eigenvalue weighted by Crippen LogP contribution is -2.53. The van der Waals surface area contributed by atoms with Crippen LogP contribution in [-0.2, 0) is 9.59 Å². The fourth-order valence-corrected chi connectivity index (χ4v) is 3.02. The number of rotatable bonds is 3. The van der Waals surface area contributed by atoms with E-state index in [2.05, 4.69) is 26.1 Å². The Balaban J connectivity index is 2.08. The number of piperazine rings is 1. The molecule has 1 aromatic rings. The van der Waals surface area contributed by atoms with Crippen LogP contribution in [0, 0.1) is 12.3 Å². The van der Waals surface area contributed by atoms with Crippen LogP contribution < -0.4 is 5.32 Å². The van der Waals surface area contributed by atoms with Gasteiger partial charge in [0.05, 0.1) is 0 Å². The fourth-order valence-electron chi connectivity index (χ4n) is 2.55. The molecule has 0 aliphatic carbocycles. The summed E-state index contributed by atoms with van der Waals surface area (Å²) in [6.07, 6.45) is 0. The van der Waals surface area contributed by atoms with Crippen molar-refractivity contribution < 1.29 is 9.59 Å². The smallest absolute Gasteiger partial charge is 0.239 e. The van der Waals surface area contributed by atoms with Crippen molar-refractivity contribution in [2.24, 2.45) is 5.41 Å². The van der Waals surface area contributed by atoms with E-state index in [1.807, 2.05) is 32.2 Å². The molecule has 1 saturated heterocycles. The Morgan fingerprint density at radius 3 is 2.35 bits per heavy atom. The standard InChI is InChI=1S/C17H24BrN3O2/c1-12-11-13(18)5-6-14(12)19-15(22)17(2,3)16(23)21-9-7-20(4)8-10-21/h5-6,11H,7-10H2,1-4H3,(H,19,22). The number of amides is 2. The van der Waals surface area contributed by atoms with Crippen molar-refractivity contribution in [3.63, 3.8) is 0 Å². The van der Waals surface area contributed by atoms with Gasteiger partial charge in [-0.05, 0) is 51.6 Å². The molecule has 23 heavy (non-hydrogen) atoms. The number of aryl methyl sites for hydroxylation is 1. The Kier molecular flexibility index (Phi) is 5.47. The van der Waals surface area contributed by atoms with Crippen LogP contribution in [0.4, 0.5) is 5.69 Å². The molecule has 1 fully saturated rings. The molecule has 0 radical (unpaired) electrons. The normalized spacial score (nSPS) is 16.3. The number of carbonyl (C=O) groups is 2. The summed E-state index contributed by atoms with van der Waals surface area (Å²) in [7, 11) is 2.04. The van der Waals surface area contributed by atoms with Crippen molar-refractivity contribution in [1.82, 2.24) is 9.80 Å². The van der Waals surface area contributed by atoms with Crippen molar-refractivity contribution in [2.45, 2.75) is 20.8 Å². The van der Waals surface area contributed by atoms with Gasteiger partial charge in [0, 0.05) is 36.3 Å². The van der Waals surface area contributed by atoms with E-state index in [-0.39, 0.29) is 11.8 Å². The summed E-state index contributed by atoms with van der Waals surface area (Å²) < 4.78 is 0.959. The summed E-state index contributed by atoms with van der Waals surface area (Å²) >= 11 is 3.40. The van der Waals surface area contributed by atoms with Gasteiger partial charge in [-0.2, -0.15) is 0 Å². The fraction of sp³-hybridized carbons (Fsp3) is 0.529. The molecule has 1 N–H and O–H groups in total. The predicted molar refractivity (Wildman–Crippen MR) is 95.4 cm³/mol. The maximum atomic E-state index is 12.7. The van der Waals surface area contributed by atoms with Gasteiger partial charge in [-0.25, -0.2) is 0 Å². The minimum absolute atomic E-state index is 0.113. The first-order valence-corrected chi connectivity index (χ1v) is 8.56. The molecule has 6 heteroatoms. The molecule has 2 amide bonds. The highest BCUT2D eigenvalue weighted by Crippen LogP contribution is 2.25. The lowest BCUT2D eigenvalue weighted by molar-refractivity contribution is -0.147. The molecule has 1 aliphatic heterocycles. The van der Waals surface area contributed by atoms with Crippen LogP contribution in [0.2, 0.25) is 0 Å². The zero-order valence-corrected chi connectivity index (χ0v) is 15.7. The van der Waals surface area contributed by atoms with Crippen LogP contribution in [0.3, 0.4) is 0 Å². The van der Waals surface area contributed by atoms with Crippen LogP contribution in [-0.4, -0.2) is 54.8 Å². The molecule has 1 aliphatic rings. The number of benzene rings is 1. The van der Waals surface area contributed by atoms with E-state index in [9.17, 15) is 9.59 Å². The highest BCUT2D eigenvalue weighted by molar-refractivity contribution is 9.10. The topological polar surface area (TPSA) is 52.7 Å². The van der Waals surface area contributed by atoms with Crippen LogP contribution in [0.1, 0.15) is 19.4 Å². The Hall–Kier alpha value is -1.40. The van der Waals surface area contributed by atoms with Gasteiger partial charge in [0.25, 0.3) is 0 Å². The number of nitrogens with zero attached hydrogens (tertiary/aromatic N) is 2. The molecule has 1 aromatic carbocycles. The van der Waals surface area contributed by atoms with Gasteiger partial charge in [-0.3, -0.25) is 9.59 Å². The summed E-state index contributed by atoms with van der Waals surface area (Å²) in [4.78, 5) is 29.3. The molecule has 2 rings (SSSR count). The third-order valence-electron chi connectivity index (χ3n) is 4.33. The summed E-state index contributed by atoms with van der Waals surface area (Å²) in [6, 6.07) is 5.65. The van der Waals surface area contributed by atoms with Crippen LogP contribution in [0.15, 0.2) is 22.7 Å². The minimum atomic E-state index is -1.09. The summed E-state index contributed by atoms with van der Waals surface area (Å²) in [5.41, 5.74) is 0.600. The Morgan fingerprint density at radius 2 is 1.78 bits per heavy atom. The van der Waals surface area contributed by atoms with Gasteiger partial charge < -0.3 is 15.1 Å². The average molecular weight is 382 g/mol. The van der Waals surface area contributed by atoms with E-state index in [1.54, 1.807) is 18.7 Å². The van der Waals surface area contributed by atoms with Gasteiger partial charge in [-0.1, -0.05) is 15.9 Å². The number of hydrogen-bond donors (Lipinski definition) is 1. The van der Waals surface area contributed by atoms with Gasteiger partial charge in [0.2, 0.25) is 11.8 Å². The van der Waals surface area contributed by atoms with Crippen molar-refractivity contribution >= 4 is 33.4 Å². The van der Waals surface area contributed by atoms with Crippen molar-refractivity contribution in [3.05, 3.63) is 28.2 Å². The lowest BCUT2D eigenvalue weighted by atomic mass is 9.89. The molecule has 5 nitrogen and oxygen atoms in total. The second-order valence-electron chi connectivity index (χ2n) is 6.63. The monoisotopic (exact) mass is 381 g/mol. The van der Waals surface area contributed by atoms with E-state index in [4.69, 9.17) is 0 Å². The molecule has 1 heterocycles. The number of carbonyl (C=O) groups excluding carboxylic acids is 2. The number of nitrogens with one attached hydrogen (secondary N) is 1. The van der Waals surface area contributed by atoms with Gasteiger partial charge >= 0.3 is 0 Å². The van der Waals surface area contributed by atoms with Gasteiger partial charge in [0.1, 0.15) is 5.41 Å². The number of halogens is 1. The van der Waals surface area contributed by atoms with Gasteiger partial charge in [-0.15, -0.1) is 0 Å². The van der Waals surface area contributed by atoms with Crippen molar-refractivity contribution in [1.29, 1.82) is 0 Å². The molecule has 126 valence electrons. The average Bonchev–Trinajstić information content (AvgIpc) is 2.50. The molecule has 0 unspecified atom stereocenters. The minimum Gasteiger partial charge on any atom is -0.339 e. The molecule has 0 bridgehead atoms. The maximum Gasteiger partial charge on any atom is 0.239 e. The molecular formula is C17H24BrN3O2. The Bertz CT molecular complexity index is 608. The third kappa shape index (κ3) is 4.12. The van der Waals surface area contributed by atoms with E-state index in [0.717, 1.165) is 28.8 Å². The van der Waals surface area contributed by atoms with Crippen molar-refractivity contribution in [2.75, 3.05) is 38.5 Å². The summed E-state index contributed by atoms with van der Waals surface area (Å²) in [6.45, 7) is 8.33. The number of hydrogen-bond acceptors (Lipinski definition) is 3. The maximum absolute atomic E-state index is 12.7. The van der Waals surface area contributed by atoms with E-state index < -0.39 is 5.41 Å². The van der Waals surface area contributed by atoms with E-state index in [1.165, 1.54) is 0 Å². The van der Waals surface area contributed by atoms with E-state index >= 15 is 0 Å². The Morgan fingerprint density at radius 1 is 1.17 bits per heavy atom. The highest BCUT2D eigenvalue weighted by Gasteiger charge is 2.40. The van der Waals surface area contributed by atoms with Crippen LogP contribution in [0.25, 0.3) is 0 Å². The molecular weight excluding hydrogens is 358 g/mol. The van der Waals surface area contributed by atoms with E-state index in [0.29, 0.717) is 13.1 Å². The zero-order chi connectivity index (χ0) is 17.2.